The molecule has 24 heteroatoms. The van der Waals surface area contributed by atoms with E-state index in [1.807, 2.05) is 218 Å². The summed E-state index contributed by atoms with van der Waals surface area (Å²) in [5.41, 5.74) is 19.5. The number of pyridine rings is 4. The highest BCUT2D eigenvalue weighted by atomic mass is 35.5. The highest BCUT2D eigenvalue weighted by molar-refractivity contribution is 6.33. The molecule has 23 nitrogen and oxygen atoms in total. The van der Waals surface area contributed by atoms with Gasteiger partial charge in [-0.1, -0.05) is 89.5 Å². The number of fused-ring (bicyclic) bond motifs is 4. The molecular weight excluding hydrogens is 1600 g/mol. The number of nitrogens with zero attached hydrogens (tertiary/aromatic N) is 16. The van der Waals surface area contributed by atoms with Crippen molar-refractivity contribution in [2.24, 2.45) is 0 Å². The zero-order valence-electron chi connectivity index (χ0n) is 72.1. The lowest BCUT2D eigenvalue weighted by Crippen LogP contribution is -2.34. The van der Waals surface area contributed by atoms with Crippen LogP contribution in [0.5, 0.6) is 5.75 Å². The number of aryl methyl sites for hydroxylation is 4. The first kappa shape index (κ1) is 85.5. The predicted octanol–water partition coefficient (Wildman–Crippen LogP) is 16.0. The minimum Gasteiger partial charge on any atom is -0.497 e. The highest BCUT2D eigenvalue weighted by Gasteiger charge is 2.25. The van der Waals surface area contributed by atoms with Crippen molar-refractivity contribution in [3.8, 4) is 73.0 Å². The molecule has 0 aliphatic carbocycles. The number of aliphatic hydroxyl groups is 2. The molecule has 8 aromatic heterocycles. The summed E-state index contributed by atoms with van der Waals surface area (Å²) in [4.78, 5) is 61.1. The predicted molar refractivity (Wildman–Crippen MR) is 504 cm³/mol. The average molecular weight is 1700 g/mol. The summed E-state index contributed by atoms with van der Waals surface area (Å²) in [6, 6.07) is 67.2. The van der Waals surface area contributed by atoms with Gasteiger partial charge < -0.3 is 24.7 Å². The van der Waals surface area contributed by atoms with Crippen LogP contribution in [0.3, 0.4) is 0 Å². The van der Waals surface area contributed by atoms with Crippen molar-refractivity contribution in [3.63, 3.8) is 0 Å². The lowest BCUT2D eigenvalue weighted by atomic mass is 10.0. The van der Waals surface area contributed by atoms with Crippen LogP contribution < -0.4 is 27.0 Å². The van der Waals surface area contributed by atoms with Crippen LogP contribution in [0.2, 0.25) is 5.02 Å². The molecule has 12 heterocycles. The maximum atomic E-state index is 13.0. The highest BCUT2D eigenvalue weighted by Crippen LogP contribution is 2.32. The minimum absolute atomic E-state index is 0.0566. The Bertz CT molecular complexity index is 6800. The smallest absolute Gasteiger partial charge is 0.255 e. The van der Waals surface area contributed by atoms with E-state index in [2.05, 4.69) is 99.6 Å². The zero-order chi connectivity index (χ0) is 86.9. The molecule has 8 aromatic carbocycles. The van der Waals surface area contributed by atoms with E-state index >= 15 is 0 Å². The number of likely N-dealkylation sites (tertiary alicyclic amines) is 4. The third-order valence-corrected chi connectivity index (χ3v) is 25.4. The third-order valence-electron chi connectivity index (χ3n) is 25.1. The summed E-state index contributed by atoms with van der Waals surface area (Å²) in [5.74, 6) is 0.814. The van der Waals surface area contributed by atoms with Crippen LogP contribution in [0.25, 0.3) is 111 Å². The monoisotopic (exact) mass is 1700 g/mol. The molecule has 0 spiro atoms. The number of ether oxygens (including phenoxy) is 1. The maximum absolute atomic E-state index is 13.0. The second-order valence-electron chi connectivity index (χ2n) is 33.7. The first-order valence-electron chi connectivity index (χ1n) is 43.9. The van der Waals surface area contributed by atoms with Gasteiger partial charge >= 0.3 is 0 Å². The van der Waals surface area contributed by atoms with Crippen LogP contribution in [0.4, 0.5) is 0 Å². The molecule has 0 saturated carbocycles. The van der Waals surface area contributed by atoms with Crippen molar-refractivity contribution < 1.29 is 14.9 Å². The number of benzene rings is 8. The Balaban J connectivity index is 0.000000119. The molecule has 2 N–H and O–H groups in total. The van der Waals surface area contributed by atoms with Crippen LogP contribution in [-0.4, -0.2) is 185 Å². The second-order valence-corrected chi connectivity index (χ2v) is 34.1. The summed E-state index contributed by atoms with van der Waals surface area (Å²) in [6.07, 6.45) is 22.9. The summed E-state index contributed by atoms with van der Waals surface area (Å²) in [6.45, 7) is 23.0. The average Bonchev–Trinajstić information content (AvgIpc) is 1.47. The first-order chi connectivity index (χ1) is 61.4. The number of methoxy groups -OCH3 is 1. The fourth-order valence-corrected chi connectivity index (χ4v) is 18.2. The molecule has 4 aliphatic rings. The Hall–Kier alpha value is -12.7. The van der Waals surface area contributed by atoms with Gasteiger partial charge in [0.25, 0.3) is 22.2 Å². The molecule has 0 amide bonds. The van der Waals surface area contributed by atoms with Crippen LogP contribution in [0.15, 0.2) is 275 Å². The van der Waals surface area contributed by atoms with Gasteiger partial charge in [0.2, 0.25) is 0 Å². The number of halogens is 1. The topological polar surface area (TPSA) is 222 Å². The van der Waals surface area contributed by atoms with E-state index in [4.69, 9.17) is 16.3 Å². The van der Waals surface area contributed by atoms with E-state index in [1.54, 1.807) is 49.6 Å². The number of aromatic nitrogens is 12. The SMILES string of the molecule is COc1ccc(-c2ccn(-c3ccc4c(cnn4CCN4CCCC4)c3)c(=O)c2)c(C)c1.Cc1ccc(-c2ccn(-c3ccc4c(cnn4CCN4CCCC4)c3)c(=O)c2)c(Cl)c1.Cc1ccc(-c2ccn(-c3ccc4c(cnn4CCN4CCC[C@@H]4CO)c3)c(=O)c2)cc1.Cc1ccc(-c2ccn(-c3ccc4c(cnn4CCN4CC[C@H](O)C4)c3)c(=O)c2)cc1. The molecule has 644 valence electrons. The minimum atomic E-state index is -0.201. The molecule has 4 fully saturated rings. The largest absolute Gasteiger partial charge is 0.497 e. The van der Waals surface area contributed by atoms with E-state index in [9.17, 15) is 29.4 Å². The molecular formula is C102H107ClN16O7. The van der Waals surface area contributed by atoms with E-state index in [1.165, 1.54) is 63.0 Å². The molecule has 20 rings (SSSR count). The summed E-state index contributed by atoms with van der Waals surface area (Å²) in [5, 5.41) is 42.2. The van der Waals surface area contributed by atoms with Gasteiger partial charge in [0.05, 0.1) is 92.9 Å². The first-order valence-corrected chi connectivity index (χ1v) is 44.3. The molecule has 0 radical (unpaired) electrons. The van der Waals surface area contributed by atoms with E-state index in [-0.39, 0.29) is 41.0 Å². The Kier molecular flexibility index (Phi) is 26.3. The Morgan fingerprint density at radius 1 is 0.365 bits per heavy atom. The van der Waals surface area contributed by atoms with Crippen molar-refractivity contribution in [2.45, 2.75) is 111 Å². The lowest BCUT2D eigenvalue weighted by molar-refractivity contribution is 0.154. The van der Waals surface area contributed by atoms with Crippen LogP contribution in [-0.2, 0) is 26.2 Å². The van der Waals surface area contributed by atoms with Crippen LogP contribution in [0, 0.1) is 27.7 Å². The number of β-amino-alcohol motifs (C(OH)–C–C–N with tert-alkyl or cyclic N) is 1. The molecule has 4 aliphatic heterocycles. The van der Waals surface area contributed by atoms with Crippen molar-refractivity contribution in [3.05, 3.63) is 325 Å². The van der Waals surface area contributed by atoms with Crippen molar-refractivity contribution in [2.75, 3.05) is 85.7 Å². The van der Waals surface area contributed by atoms with Crippen molar-refractivity contribution in [1.29, 1.82) is 0 Å². The Labute approximate surface area is 737 Å². The van der Waals surface area contributed by atoms with Crippen LogP contribution >= 0.6 is 11.6 Å². The van der Waals surface area contributed by atoms with Gasteiger partial charge in [0.1, 0.15) is 5.75 Å². The number of aliphatic hydroxyl groups excluding tert-OH is 2. The van der Waals surface area contributed by atoms with E-state index in [0.717, 1.165) is 219 Å². The van der Waals surface area contributed by atoms with Crippen molar-refractivity contribution in [1.82, 2.24) is 77.0 Å². The number of hydrogen-bond acceptors (Lipinski definition) is 15. The summed E-state index contributed by atoms with van der Waals surface area (Å²) >= 11 is 6.39. The molecule has 16 aromatic rings. The molecule has 0 unspecified atom stereocenters. The second kappa shape index (κ2) is 38.8. The molecule has 0 bridgehead atoms. The van der Waals surface area contributed by atoms with Gasteiger partial charge in [0, 0.05) is 149 Å². The fraction of sp³-hybridized carbons (Fsp3) is 0.294. The van der Waals surface area contributed by atoms with Gasteiger partial charge in [-0.2, -0.15) is 20.4 Å². The van der Waals surface area contributed by atoms with Gasteiger partial charge in [0.15, 0.2) is 0 Å². The number of rotatable bonds is 22. The normalized spacial score (nSPS) is 15.6. The Morgan fingerprint density at radius 3 is 1.13 bits per heavy atom. The maximum Gasteiger partial charge on any atom is 0.255 e. The van der Waals surface area contributed by atoms with Gasteiger partial charge in [-0.15, -0.1) is 0 Å². The van der Waals surface area contributed by atoms with Crippen molar-refractivity contribution >= 4 is 55.2 Å². The third kappa shape index (κ3) is 19.7. The molecule has 2 atom stereocenters. The summed E-state index contributed by atoms with van der Waals surface area (Å²) < 4.78 is 20.1. The molecule has 126 heavy (non-hydrogen) atoms. The zero-order valence-corrected chi connectivity index (χ0v) is 72.9. The Morgan fingerprint density at radius 2 is 0.746 bits per heavy atom. The standard InChI is InChI=1S/2C26H28N4O2.C25H25ClN4O.C25H26N4O2/c1-19-15-23(32-2)6-7-24(19)20-9-12-29(26(31)17-20)22-5-8-25-21(16-22)18-27-30(25)14-13-28-10-3-4-11-28;1-19-4-6-20(7-5-19)21-10-12-29(26(32)16-21)23-8-9-25-22(15-23)17-27-30(25)14-13-28-11-2-3-24(28)18-31;1-18-4-6-22(23(26)14-18)19-8-11-29(25(31)16-19)21-5-7-24-20(15-21)17-27-30(24)13-12-28-9-2-3-10-28;1-18-2-4-19(5-3-18)20-8-11-28(25(31)15-20)22-6-7-24-21(14-22)16-26-29(24)13-12-27-10-9-23(30)17-27/h5-9,12,15-18H,3-4,10-11,13-14H2,1-2H3;4-10,12,15-17,24,31H,2-3,11,13-14,18H2,1H3;4-8,11,14-17H,2-3,9-10,12-13H2,1H3;2-8,11,14-16,23,30H,9-10,12-13,17H2,1H3/t;24-;;23-/m.1.0/s1. The van der Waals surface area contributed by atoms with E-state index < -0.39 is 0 Å². The van der Waals surface area contributed by atoms with Gasteiger partial charge in [-0.3, -0.25) is 66.0 Å². The summed E-state index contributed by atoms with van der Waals surface area (Å²) in [7, 11) is 1.66. The lowest BCUT2D eigenvalue weighted by Gasteiger charge is -2.22. The van der Waals surface area contributed by atoms with Crippen LogP contribution in [0.1, 0.15) is 67.2 Å². The van der Waals surface area contributed by atoms with E-state index in [0.29, 0.717) is 5.02 Å². The number of hydrogen-bond donors (Lipinski definition) is 2. The fourth-order valence-electron chi connectivity index (χ4n) is 17.9. The molecule has 4 saturated heterocycles. The van der Waals surface area contributed by atoms with Gasteiger partial charge in [-0.05, 0) is 271 Å². The quantitative estimate of drug-likeness (QED) is 0.0644. The van der Waals surface area contributed by atoms with Gasteiger partial charge in [-0.25, -0.2) is 0 Å².